The molecule has 4 heteroatoms. The van der Waals surface area contributed by atoms with E-state index >= 15 is 0 Å². The molecule has 1 atom stereocenters. The quantitative estimate of drug-likeness (QED) is 0.846. The Morgan fingerprint density at radius 3 is 2.84 bits per heavy atom. The van der Waals surface area contributed by atoms with Gasteiger partial charge in [-0.15, -0.1) is 0 Å². The molecule has 0 aromatic heterocycles. The molecule has 92 valence electrons. The monoisotopic (exact) mass is 250 g/mol. The highest BCUT2D eigenvalue weighted by molar-refractivity contribution is 5.98. The van der Waals surface area contributed by atoms with Gasteiger partial charge in [0.1, 0.15) is 5.75 Å². The summed E-state index contributed by atoms with van der Waals surface area (Å²) >= 11 is 0. The van der Waals surface area contributed by atoms with E-state index < -0.39 is 6.10 Å². The molecule has 0 saturated heterocycles. The van der Waals surface area contributed by atoms with Crippen LogP contribution < -0.4 is 10.1 Å². The predicted molar refractivity (Wildman–Crippen MR) is 69.6 cm³/mol. The number of hydrogen-bond acceptors (Lipinski definition) is 3. The van der Waals surface area contributed by atoms with Gasteiger partial charge in [0, 0.05) is 5.56 Å². The number of hydrogen-bond donors (Lipinski definition) is 1. The van der Waals surface area contributed by atoms with Crippen LogP contribution in [0.2, 0.25) is 0 Å². The molecule has 1 amide bonds. The van der Waals surface area contributed by atoms with Gasteiger partial charge in [0.25, 0.3) is 5.91 Å². The first-order valence-corrected chi connectivity index (χ1v) is 5.84. The third-order valence-electron chi connectivity index (χ3n) is 2.95. The lowest BCUT2D eigenvalue weighted by Gasteiger charge is -2.26. The van der Waals surface area contributed by atoms with Crippen LogP contribution in [0.25, 0.3) is 0 Å². The second kappa shape index (κ2) is 4.46. The van der Waals surface area contributed by atoms with E-state index in [1.807, 2.05) is 12.1 Å². The molecule has 0 aliphatic carbocycles. The largest absolute Gasteiger partial charge is 0.474 e. The summed E-state index contributed by atoms with van der Waals surface area (Å²) in [4.78, 5) is 12.0. The number of benzene rings is 2. The number of rotatable bonds is 1. The second-order valence-electron chi connectivity index (χ2n) is 4.22. The lowest BCUT2D eigenvalue weighted by atomic mass is 10.0. The molecule has 4 nitrogen and oxygen atoms in total. The zero-order valence-corrected chi connectivity index (χ0v) is 9.96. The van der Waals surface area contributed by atoms with Crippen LogP contribution in [0.4, 0.5) is 5.69 Å². The number of nitrogens with zero attached hydrogens (tertiary/aromatic N) is 1. The van der Waals surface area contributed by atoms with E-state index in [1.165, 1.54) is 0 Å². The number of nitriles is 1. The van der Waals surface area contributed by atoms with Crippen molar-refractivity contribution in [1.29, 1.82) is 5.26 Å². The number of ether oxygens (including phenoxy) is 1. The number of anilines is 1. The van der Waals surface area contributed by atoms with Gasteiger partial charge in [-0.05, 0) is 24.3 Å². The minimum Gasteiger partial charge on any atom is -0.474 e. The number of fused-ring (bicyclic) bond motifs is 1. The van der Waals surface area contributed by atoms with Gasteiger partial charge in [-0.3, -0.25) is 4.79 Å². The zero-order chi connectivity index (χ0) is 13.2. The molecule has 1 N–H and O–H groups in total. The summed E-state index contributed by atoms with van der Waals surface area (Å²) in [6, 6.07) is 16.2. The van der Waals surface area contributed by atoms with Crippen molar-refractivity contribution in [3.05, 3.63) is 59.7 Å². The molecule has 2 aromatic carbocycles. The predicted octanol–water partition coefficient (Wildman–Crippen LogP) is 2.63. The third kappa shape index (κ3) is 2.02. The Labute approximate surface area is 110 Å². The Hall–Kier alpha value is -2.80. The van der Waals surface area contributed by atoms with Crippen molar-refractivity contribution in [3.8, 4) is 11.8 Å². The highest BCUT2D eigenvalue weighted by Gasteiger charge is 2.28. The molecule has 2 aromatic rings. The SMILES string of the molecule is N#Cc1cccc(C2Oc3ccccc3NC2=O)c1. The van der Waals surface area contributed by atoms with Gasteiger partial charge in [0.05, 0.1) is 17.3 Å². The molecule has 0 fully saturated rings. The normalized spacial score (nSPS) is 16.8. The van der Waals surface area contributed by atoms with E-state index in [1.54, 1.807) is 36.4 Å². The summed E-state index contributed by atoms with van der Waals surface area (Å²) in [5.41, 5.74) is 1.85. The van der Waals surface area contributed by atoms with Gasteiger partial charge in [-0.1, -0.05) is 24.3 Å². The van der Waals surface area contributed by atoms with Crippen molar-refractivity contribution < 1.29 is 9.53 Å². The van der Waals surface area contributed by atoms with Crippen molar-refractivity contribution in [3.63, 3.8) is 0 Å². The van der Waals surface area contributed by atoms with Crippen molar-refractivity contribution in [1.82, 2.24) is 0 Å². The maximum Gasteiger partial charge on any atom is 0.270 e. The molecule has 1 unspecified atom stereocenters. The number of carbonyl (C=O) groups is 1. The molecule has 0 radical (unpaired) electrons. The van der Waals surface area contributed by atoms with Crippen LogP contribution in [0.15, 0.2) is 48.5 Å². The van der Waals surface area contributed by atoms with E-state index in [4.69, 9.17) is 10.00 Å². The number of nitrogens with one attached hydrogen (secondary N) is 1. The van der Waals surface area contributed by atoms with E-state index in [9.17, 15) is 4.79 Å². The molecular formula is C15H10N2O2. The fourth-order valence-corrected chi connectivity index (χ4v) is 2.04. The minimum absolute atomic E-state index is 0.228. The summed E-state index contributed by atoms with van der Waals surface area (Å²) in [7, 11) is 0. The van der Waals surface area contributed by atoms with Gasteiger partial charge in [0.2, 0.25) is 6.10 Å². The van der Waals surface area contributed by atoms with Crippen molar-refractivity contribution >= 4 is 11.6 Å². The lowest BCUT2D eigenvalue weighted by molar-refractivity contribution is -0.123. The van der Waals surface area contributed by atoms with Crippen molar-refractivity contribution in [2.75, 3.05) is 5.32 Å². The Bertz CT molecular complexity index is 689. The first-order valence-electron chi connectivity index (χ1n) is 5.84. The summed E-state index contributed by atoms with van der Waals surface area (Å²) in [5.74, 6) is 0.406. The molecule has 0 spiro atoms. The summed E-state index contributed by atoms with van der Waals surface area (Å²) in [5, 5.41) is 11.7. The van der Waals surface area contributed by atoms with Crippen LogP contribution in [0.3, 0.4) is 0 Å². The lowest BCUT2D eigenvalue weighted by Crippen LogP contribution is -2.30. The van der Waals surface area contributed by atoms with Crippen LogP contribution in [-0.4, -0.2) is 5.91 Å². The van der Waals surface area contributed by atoms with Crippen LogP contribution in [0, 0.1) is 11.3 Å². The molecular weight excluding hydrogens is 240 g/mol. The van der Waals surface area contributed by atoms with Crippen LogP contribution >= 0.6 is 0 Å². The fraction of sp³-hybridized carbons (Fsp3) is 0.0667. The smallest absolute Gasteiger partial charge is 0.270 e. The van der Waals surface area contributed by atoms with Crippen LogP contribution in [0.5, 0.6) is 5.75 Å². The maximum atomic E-state index is 12.0. The first-order chi connectivity index (χ1) is 9.28. The summed E-state index contributed by atoms with van der Waals surface area (Å²) in [6.45, 7) is 0. The highest BCUT2D eigenvalue weighted by atomic mass is 16.5. The average Bonchev–Trinajstić information content (AvgIpc) is 2.46. The van der Waals surface area contributed by atoms with E-state index in [-0.39, 0.29) is 5.91 Å². The summed E-state index contributed by atoms with van der Waals surface area (Å²) in [6.07, 6.45) is -0.719. The molecule has 1 aliphatic heterocycles. The Morgan fingerprint density at radius 1 is 1.16 bits per heavy atom. The van der Waals surface area contributed by atoms with Crippen LogP contribution in [-0.2, 0) is 4.79 Å². The fourth-order valence-electron chi connectivity index (χ4n) is 2.04. The average molecular weight is 250 g/mol. The number of carbonyl (C=O) groups excluding carboxylic acids is 1. The second-order valence-corrected chi connectivity index (χ2v) is 4.22. The van der Waals surface area contributed by atoms with E-state index in [0.717, 1.165) is 0 Å². The van der Waals surface area contributed by atoms with Gasteiger partial charge in [0.15, 0.2) is 0 Å². The zero-order valence-electron chi connectivity index (χ0n) is 9.96. The Balaban J connectivity index is 1.98. The molecule has 0 bridgehead atoms. The molecule has 1 heterocycles. The van der Waals surface area contributed by atoms with Gasteiger partial charge >= 0.3 is 0 Å². The Morgan fingerprint density at radius 2 is 2.00 bits per heavy atom. The van der Waals surface area contributed by atoms with Gasteiger partial charge < -0.3 is 10.1 Å². The van der Waals surface area contributed by atoms with E-state index in [2.05, 4.69) is 11.4 Å². The third-order valence-corrected chi connectivity index (χ3v) is 2.95. The molecule has 19 heavy (non-hydrogen) atoms. The van der Waals surface area contributed by atoms with Gasteiger partial charge in [-0.25, -0.2) is 0 Å². The Kier molecular flexibility index (Phi) is 2.66. The standard InChI is InChI=1S/C15H10N2O2/c16-9-10-4-3-5-11(8-10)14-15(18)17-12-6-1-2-7-13(12)19-14/h1-8,14H,(H,17,18). The number of para-hydroxylation sites is 2. The van der Waals surface area contributed by atoms with Crippen LogP contribution in [0.1, 0.15) is 17.2 Å². The molecule has 3 rings (SSSR count). The first kappa shape index (κ1) is 11.3. The topological polar surface area (TPSA) is 62.1 Å². The van der Waals surface area contributed by atoms with Crippen molar-refractivity contribution in [2.45, 2.75) is 6.10 Å². The maximum absolute atomic E-state index is 12.0. The summed E-state index contributed by atoms with van der Waals surface area (Å²) < 4.78 is 5.71. The molecule has 0 saturated carbocycles. The molecule has 1 aliphatic rings. The highest BCUT2D eigenvalue weighted by Crippen LogP contribution is 2.34. The number of amides is 1. The van der Waals surface area contributed by atoms with Gasteiger partial charge in [-0.2, -0.15) is 5.26 Å². The minimum atomic E-state index is -0.719. The van der Waals surface area contributed by atoms with E-state index in [0.29, 0.717) is 22.6 Å². The van der Waals surface area contributed by atoms with Crippen molar-refractivity contribution in [2.24, 2.45) is 0 Å².